The Hall–Kier alpha value is -4.54. The fourth-order valence-electron chi connectivity index (χ4n) is 7.89. The van der Waals surface area contributed by atoms with Crippen molar-refractivity contribution in [2.24, 2.45) is 0 Å². The first-order valence-corrected chi connectivity index (χ1v) is 16.8. The number of likely N-dealkylation sites (N-methyl/N-ethyl adjacent to an activating group) is 1. The van der Waals surface area contributed by atoms with Crippen molar-refractivity contribution >= 4 is 29.4 Å². The molecule has 7 heterocycles. The van der Waals surface area contributed by atoms with Gasteiger partial charge in [-0.05, 0) is 57.7 Å². The molecular formula is C33H40F4N10O3. The number of nitrogens with two attached hydrogens (primary N) is 1. The van der Waals surface area contributed by atoms with Gasteiger partial charge in [0.1, 0.15) is 35.8 Å². The minimum Gasteiger partial charge on any atom is -0.461 e. The number of pyridine rings is 1. The first-order chi connectivity index (χ1) is 23.8. The van der Waals surface area contributed by atoms with Crippen LogP contribution in [0.4, 0.5) is 35.0 Å². The molecule has 0 bridgehead atoms. The van der Waals surface area contributed by atoms with Crippen LogP contribution in [0, 0.1) is 13.8 Å². The summed E-state index contributed by atoms with van der Waals surface area (Å²) in [7, 11) is 1.89. The van der Waals surface area contributed by atoms with Gasteiger partial charge < -0.3 is 29.7 Å². The summed E-state index contributed by atoms with van der Waals surface area (Å²) in [5, 5.41) is 3.73. The second-order valence-electron chi connectivity index (χ2n) is 13.7. The third kappa shape index (κ3) is 6.54. The molecule has 268 valence electrons. The number of alkyl halides is 4. The molecule has 3 fully saturated rings. The number of hydrogen-bond acceptors (Lipinski definition) is 12. The van der Waals surface area contributed by atoms with Crippen LogP contribution < -0.4 is 20.3 Å². The smallest absolute Gasteiger partial charge is 0.420 e. The van der Waals surface area contributed by atoms with E-state index in [-0.39, 0.29) is 60.7 Å². The number of likely N-dealkylation sites (tertiary alicyclic amines) is 1. The number of aryl methyl sites for hydroxylation is 2. The summed E-state index contributed by atoms with van der Waals surface area (Å²) in [6.07, 6.45) is 0.418. The predicted molar refractivity (Wildman–Crippen MR) is 175 cm³/mol. The maximum atomic E-state index is 14.5. The molecule has 3 atom stereocenters. The fraction of sp³-hybridized carbons (Fsp3) is 0.576. The van der Waals surface area contributed by atoms with Crippen LogP contribution in [0.5, 0.6) is 6.01 Å². The quantitative estimate of drug-likeness (QED) is 0.270. The number of hydrogen-bond donors (Lipinski definition) is 1. The monoisotopic (exact) mass is 700 g/mol. The van der Waals surface area contributed by atoms with Gasteiger partial charge in [-0.25, -0.2) is 9.37 Å². The van der Waals surface area contributed by atoms with Gasteiger partial charge in [0.25, 0.3) is 5.89 Å². The zero-order chi connectivity index (χ0) is 35.4. The molecule has 0 radical (unpaired) electrons. The van der Waals surface area contributed by atoms with Gasteiger partial charge >= 0.3 is 12.2 Å². The highest BCUT2D eigenvalue weighted by Crippen LogP contribution is 2.42. The first kappa shape index (κ1) is 33.9. The van der Waals surface area contributed by atoms with E-state index in [2.05, 4.69) is 20.0 Å². The molecule has 0 saturated carbocycles. The molecule has 1 amide bonds. The van der Waals surface area contributed by atoms with E-state index in [1.807, 2.05) is 11.9 Å². The number of nitrogen functional groups attached to an aromatic ring is 1. The summed E-state index contributed by atoms with van der Waals surface area (Å²) in [5.41, 5.74) is 5.94. The molecule has 13 nitrogen and oxygen atoms in total. The first-order valence-electron chi connectivity index (χ1n) is 16.8. The largest absolute Gasteiger partial charge is 0.461 e. The van der Waals surface area contributed by atoms with Gasteiger partial charge in [-0.15, -0.1) is 0 Å². The highest BCUT2D eigenvalue weighted by Gasteiger charge is 2.49. The Balaban J connectivity index is 1.17. The lowest BCUT2D eigenvalue weighted by molar-refractivity contribution is -0.137. The SMILES string of the molecule is Cc1noc(/C=C/C(=O)N2CC[C@@H](N(C)c3nc(OC[C@@]45CCCN4CC(F)C5)nc4c3CCN(c3nc(N)cc(C)c3C(F)(F)F)C4)C2)n1. The van der Waals surface area contributed by atoms with Gasteiger partial charge in [-0.2, -0.15) is 28.1 Å². The predicted octanol–water partition coefficient (Wildman–Crippen LogP) is 3.74. The molecule has 4 aliphatic rings. The fourth-order valence-corrected chi connectivity index (χ4v) is 7.89. The molecule has 0 aromatic carbocycles. The number of halogens is 4. The lowest BCUT2D eigenvalue weighted by Gasteiger charge is -2.35. The van der Waals surface area contributed by atoms with E-state index < -0.39 is 23.5 Å². The van der Waals surface area contributed by atoms with Crippen LogP contribution in [-0.2, 0) is 23.9 Å². The lowest BCUT2D eigenvalue weighted by atomic mass is 9.95. The highest BCUT2D eigenvalue weighted by atomic mass is 19.4. The second-order valence-corrected chi connectivity index (χ2v) is 13.7. The lowest BCUT2D eigenvalue weighted by Crippen LogP contribution is -2.44. The Morgan fingerprint density at radius 2 is 2.00 bits per heavy atom. The number of anilines is 3. The van der Waals surface area contributed by atoms with E-state index in [4.69, 9.17) is 25.0 Å². The molecule has 17 heteroatoms. The van der Waals surface area contributed by atoms with Gasteiger partial charge in [0.15, 0.2) is 5.82 Å². The van der Waals surface area contributed by atoms with Crippen LogP contribution >= 0.6 is 0 Å². The number of rotatable bonds is 8. The van der Waals surface area contributed by atoms with Crippen LogP contribution in [0.1, 0.15) is 59.8 Å². The number of fused-ring (bicyclic) bond motifs is 2. The minimum atomic E-state index is -4.64. The van der Waals surface area contributed by atoms with Crippen molar-refractivity contribution in [3.8, 4) is 6.01 Å². The average Bonchev–Trinajstić information content (AvgIpc) is 3.85. The summed E-state index contributed by atoms with van der Waals surface area (Å²) in [6, 6.07) is 1.19. The summed E-state index contributed by atoms with van der Waals surface area (Å²) in [6.45, 7) is 5.60. The maximum absolute atomic E-state index is 14.5. The second kappa shape index (κ2) is 13.0. The molecule has 0 spiro atoms. The Labute approximate surface area is 286 Å². The van der Waals surface area contributed by atoms with Crippen LogP contribution in [0.2, 0.25) is 0 Å². The zero-order valence-electron chi connectivity index (χ0n) is 28.2. The van der Waals surface area contributed by atoms with Crippen LogP contribution in [0.25, 0.3) is 6.08 Å². The molecular weight excluding hydrogens is 660 g/mol. The highest BCUT2D eigenvalue weighted by molar-refractivity contribution is 5.91. The van der Waals surface area contributed by atoms with Crippen molar-refractivity contribution in [1.82, 2.24) is 34.9 Å². The van der Waals surface area contributed by atoms with E-state index in [9.17, 15) is 22.4 Å². The number of ether oxygens (including phenoxy) is 1. The standard InChI is InChI=1S/C33H40F4N10O3/c1-19-13-25(38)41-30(28(19)33(35,36)37)46-12-8-23-24(17-46)40-31(49-18-32-9-4-10-47(32)15-21(34)14-32)42-29(23)44(3)22-7-11-45(16-22)27(48)6-5-26-39-20(2)43-50-26/h5-6,13,21-22H,4,7-12,14-18H2,1-3H3,(H2,38,41)/b6-5+/t21?,22-,32+/m1/s1. The van der Waals surface area contributed by atoms with Gasteiger partial charge in [-0.3, -0.25) is 9.69 Å². The molecule has 3 aromatic rings. The van der Waals surface area contributed by atoms with Crippen molar-refractivity contribution in [3.05, 3.63) is 46.2 Å². The summed E-state index contributed by atoms with van der Waals surface area (Å²) < 4.78 is 68.7. The number of aromatic nitrogens is 5. The van der Waals surface area contributed by atoms with Gasteiger partial charge in [0.2, 0.25) is 5.91 Å². The number of carbonyl (C=O) groups excluding carboxylic acids is 1. The van der Waals surface area contributed by atoms with Crippen molar-refractivity contribution < 1.29 is 31.6 Å². The van der Waals surface area contributed by atoms with Crippen molar-refractivity contribution in [2.45, 2.75) is 76.4 Å². The molecule has 7 rings (SSSR count). The molecule has 1 unspecified atom stereocenters. The third-order valence-corrected chi connectivity index (χ3v) is 10.3. The Bertz CT molecular complexity index is 1800. The van der Waals surface area contributed by atoms with Crippen LogP contribution in [0.15, 0.2) is 16.7 Å². The van der Waals surface area contributed by atoms with Crippen molar-refractivity contribution in [3.63, 3.8) is 0 Å². The third-order valence-electron chi connectivity index (χ3n) is 10.3. The molecule has 3 aromatic heterocycles. The van der Waals surface area contributed by atoms with Gasteiger partial charge in [-0.1, -0.05) is 5.16 Å². The number of carbonyl (C=O) groups is 1. The topological polar surface area (TPSA) is 143 Å². The van der Waals surface area contributed by atoms with Gasteiger partial charge in [0.05, 0.1) is 17.8 Å². The average molecular weight is 701 g/mol. The Morgan fingerprint density at radius 3 is 2.76 bits per heavy atom. The summed E-state index contributed by atoms with van der Waals surface area (Å²) in [5.74, 6) is 0.844. The van der Waals surface area contributed by atoms with Crippen LogP contribution in [0.3, 0.4) is 0 Å². The van der Waals surface area contributed by atoms with E-state index in [0.717, 1.165) is 24.9 Å². The minimum absolute atomic E-state index is 0.00563. The summed E-state index contributed by atoms with van der Waals surface area (Å²) >= 11 is 0. The normalized spacial score (nSPS) is 23.9. The van der Waals surface area contributed by atoms with E-state index >= 15 is 0 Å². The summed E-state index contributed by atoms with van der Waals surface area (Å²) in [4.78, 5) is 38.2. The molecule has 50 heavy (non-hydrogen) atoms. The van der Waals surface area contributed by atoms with Gasteiger partial charge in [0, 0.05) is 63.4 Å². The van der Waals surface area contributed by atoms with Crippen LogP contribution in [-0.4, -0.2) is 105 Å². The van der Waals surface area contributed by atoms with Crippen molar-refractivity contribution in [1.29, 1.82) is 0 Å². The zero-order valence-corrected chi connectivity index (χ0v) is 28.2. The van der Waals surface area contributed by atoms with E-state index in [0.29, 0.717) is 56.2 Å². The van der Waals surface area contributed by atoms with E-state index in [1.165, 1.54) is 25.1 Å². The number of nitrogens with zero attached hydrogens (tertiary/aromatic N) is 9. The molecule has 4 aliphatic heterocycles. The van der Waals surface area contributed by atoms with E-state index in [1.54, 1.807) is 16.7 Å². The Kier molecular flexibility index (Phi) is 8.80. The maximum Gasteiger partial charge on any atom is 0.420 e. The molecule has 2 N–H and O–H groups in total. The molecule has 0 aliphatic carbocycles. The number of amides is 1. The van der Waals surface area contributed by atoms with Crippen molar-refractivity contribution in [2.75, 3.05) is 61.9 Å². The molecule has 3 saturated heterocycles. The Morgan fingerprint density at radius 1 is 1.18 bits per heavy atom.